The third-order valence-corrected chi connectivity index (χ3v) is 14.2. The van der Waals surface area contributed by atoms with Gasteiger partial charge in [0.05, 0.1) is 37.5 Å². The first-order valence-electron chi connectivity index (χ1n) is 24.7. The summed E-state index contributed by atoms with van der Waals surface area (Å²) in [5.74, 6) is -12.4. The van der Waals surface area contributed by atoms with Gasteiger partial charge in [0.1, 0.15) is 29.9 Å². The lowest BCUT2D eigenvalue weighted by Crippen LogP contribution is -2.71. The van der Waals surface area contributed by atoms with Crippen molar-refractivity contribution < 1.29 is 62.6 Å². The number of carbonyl (C=O) groups is 12. The third kappa shape index (κ3) is 15.7. The quantitative estimate of drug-likeness (QED) is 0.0765. The van der Waals surface area contributed by atoms with Crippen molar-refractivity contribution in [1.82, 2.24) is 47.4 Å². The fraction of sp³-hybridized carbons (Fsp3) is 0.633. The van der Waals surface area contributed by atoms with E-state index in [2.05, 4.69) is 42.5 Å². The van der Waals surface area contributed by atoms with Crippen LogP contribution in [0.15, 0.2) is 24.3 Å². The lowest BCUT2D eigenvalue weighted by molar-refractivity contribution is -0.167. The van der Waals surface area contributed by atoms with Crippen LogP contribution in [0.1, 0.15) is 98.5 Å². The number of benzene rings is 1. The minimum absolute atomic E-state index is 0.0602. The van der Waals surface area contributed by atoms with Crippen LogP contribution in [0.4, 0.5) is 0 Å². The van der Waals surface area contributed by atoms with Crippen molar-refractivity contribution in [2.45, 2.75) is 136 Å². The maximum atomic E-state index is 15.0. The monoisotopic (exact) mass is 1020 g/mol. The third-order valence-electron chi connectivity index (χ3n) is 14.2. The second kappa shape index (κ2) is 26.0. The van der Waals surface area contributed by atoms with Gasteiger partial charge in [-0.25, -0.2) is 0 Å². The summed E-state index contributed by atoms with van der Waals surface area (Å²) in [5.41, 5.74) is 9.58. The fourth-order valence-electron chi connectivity index (χ4n) is 10.0. The van der Waals surface area contributed by atoms with E-state index in [0.29, 0.717) is 18.4 Å². The van der Waals surface area contributed by atoms with E-state index < -0.39 is 175 Å². The molecular formula is C49H73N11O13. The molecule has 3 fully saturated rings. The molecule has 2 heterocycles. The van der Waals surface area contributed by atoms with E-state index in [-0.39, 0.29) is 37.4 Å². The largest absolute Gasteiger partial charge is 0.508 e. The molecule has 11 amide bonds. The number of primary amides is 2. The van der Waals surface area contributed by atoms with Crippen LogP contribution in [0.2, 0.25) is 0 Å². The molecule has 0 spiro atoms. The number of phenolic OH excluding ortho intramolecular Hbond substituents is 1. The lowest BCUT2D eigenvalue weighted by Gasteiger charge is -2.60. The Morgan fingerprint density at radius 2 is 1.49 bits per heavy atom. The molecule has 2 aliphatic heterocycles. The van der Waals surface area contributed by atoms with Crippen molar-refractivity contribution >= 4 is 70.8 Å². The number of fused-ring (bicyclic) bond motifs is 1. The molecule has 11 unspecified atom stereocenters. The minimum atomic E-state index is -1.59. The van der Waals surface area contributed by atoms with Crippen LogP contribution in [-0.2, 0) is 64.0 Å². The van der Waals surface area contributed by atoms with Crippen molar-refractivity contribution in [2.75, 3.05) is 26.7 Å². The Morgan fingerprint density at radius 3 is 2.11 bits per heavy atom. The van der Waals surface area contributed by atoms with Crippen LogP contribution < -0.4 is 54.0 Å². The maximum absolute atomic E-state index is 15.0. The number of aromatic hydroxyl groups is 1. The predicted octanol–water partition coefficient (Wildman–Crippen LogP) is -2.58. The second-order valence-electron chi connectivity index (χ2n) is 20.2. The van der Waals surface area contributed by atoms with Crippen LogP contribution >= 0.6 is 0 Å². The van der Waals surface area contributed by atoms with E-state index in [1.165, 1.54) is 38.2 Å². The molecule has 11 atom stereocenters. The Labute approximate surface area is 424 Å². The molecule has 24 heteroatoms. The lowest BCUT2D eigenvalue weighted by atomic mass is 9.45. The van der Waals surface area contributed by atoms with E-state index in [0.717, 1.165) is 4.90 Å². The van der Waals surface area contributed by atoms with Gasteiger partial charge in [-0.05, 0) is 67.1 Å². The zero-order valence-electron chi connectivity index (χ0n) is 42.6. The fourth-order valence-corrected chi connectivity index (χ4v) is 10.0. The van der Waals surface area contributed by atoms with Gasteiger partial charge < -0.3 is 64.0 Å². The van der Waals surface area contributed by atoms with Gasteiger partial charge in [-0.2, -0.15) is 0 Å². The average molecular weight is 1020 g/mol. The zero-order chi connectivity index (χ0) is 54.5. The smallest absolute Gasteiger partial charge is 0.243 e. The number of nitrogens with two attached hydrogens (primary N) is 2. The van der Waals surface area contributed by atoms with Crippen molar-refractivity contribution in [1.29, 1.82) is 0 Å². The summed E-state index contributed by atoms with van der Waals surface area (Å²) < 4.78 is 0. The van der Waals surface area contributed by atoms with Gasteiger partial charge in [-0.15, -0.1) is 0 Å². The Kier molecular flexibility index (Phi) is 20.8. The van der Waals surface area contributed by atoms with Crippen LogP contribution in [0.3, 0.4) is 0 Å². The molecule has 1 aromatic rings. The van der Waals surface area contributed by atoms with Gasteiger partial charge >= 0.3 is 0 Å². The number of phenols is 1. The molecule has 24 nitrogen and oxygen atoms in total. The minimum Gasteiger partial charge on any atom is -0.508 e. The Bertz CT molecular complexity index is 2280. The molecule has 2 bridgehead atoms. The van der Waals surface area contributed by atoms with Gasteiger partial charge in [-0.3, -0.25) is 57.5 Å². The van der Waals surface area contributed by atoms with Gasteiger partial charge in [0.2, 0.25) is 65.0 Å². The Balaban J connectivity index is 1.76. The molecule has 1 aromatic carbocycles. The molecule has 3 aliphatic rings. The van der Waals surface area contributed by atoms with Gasteiger partial charge in [0.15, 0.2) is 5.78 Å². The van der Waals surface area contributed by atoms with Crippen molar-refractivity contribution in [3.8, 4) is 5.75 Å². The number of nitrogens with one attached hydrogen (secondary N) is 8. The standard InChI is InChI=1S/C49H73N11O13/c1-8-25(4)41-47(72)56-31(16-17-34(50)62)45(70)57-32-20-37(65)58-42-26(5)40(49(42,6)43(32)68)29(48(73)60(7)23-39(67)54-30(15-9-24(2)3)44(69)53-21-35(51)63)14-18-36(64)52-22-38(66)55-33(46(71)59-41)19-27-10-12-28(61)13-11-27/h10-13,24-26,29-33,40-42,61H,8-9,14-23H2,1-7H3,(H2,50,62)(H2,51,63)(H,52,64)(H,53,69)(H,54,67)(H,55,66)(H,56,72)(H,57,70)(H,58,65)(H,59,71). The second-order valence-corrected chi connectivity index (χ2v) is 20.2. The highest BCUT2D eigenvalue weighted by atomic mass is 16.3. The number of carbonyl (C=O) groups excluding carboxylic acids is 12. The average Bonchev–Trinajstić information content (AvgIpc) is 3.40. The van der Waals surface area contributed by atoms with Crippen molar-refractivity contribution in [2.24, 2.45) is 46.5 Å². The Morgan fingerprint density at radius 1 is 0.836 bits per heavy atom. The molecular weight excluding hydrogens is 951 g/mol. The molecule has 4 rings (SSSR count). The highest BCUT2D eigenvalue weighted by molar-refractivity contribution is 6.02. The highest BCUT2D eigenvalue weighted by Gasteiger charge is 2.67. The van der Waals surface area contributed by atoms with Crippen molar-refractivity contribution in [3.05, 3.63) is 29.8 Å². The summed E-state index contributed by atoms with van der Waals surface area (Å²) in [6.45, 7) is 8.78. The van der Waals surface area contributed by atoms with E-state index in [9.17, 15) is 62.6 Å². The number of amides is 11. The van der Waals surface area contributed by atoms with E-state index >= 15 is 0 Å². The number of ketones is 1. The van der Waals surface area contributed by atoms with Crippen molar-refractivity contribution in [3.63, 3.8) is 0 Å². The first-order valence-corrected chi connectivity index (χ1v) is 24.7. The summed E-state index contributed by atoms with van der Waals surface area (Å²) in [4.78, 5) is 164. The van der Waals surface area contributed by atoms with Gasteiger partial charge in [-0.1, -0.05) is 60.1 Å². The summed E-state index contributed by atoms with van der Waals surface area (Å²) in [5, 5.41) is 30.7. The predicted molar refractivity (Wildman–Crippen MR) is 261 cm³/mol. The number of hydrogen-bond acceptors (Lipinski definition) is 13. The molecule has 73 heavy (non-hydrogen) atoms. The number of nitrogens with zero attached hydrogens (tertiary/aromatic N) is 1. The maximum Gasteiger partial charge on any atom is 0.243 e. The SMILES string of the molecule is CCC(C)C1NC(=O)C(Cc2ccc(O)cc2)NC(=O)CNC(=O)CCC(C(=O)N(C)CC(=O)NC(CCC(C)C)C(=O)NCC(N)=O)C2C(C)C3NC(=O)CC(NC(=O)C(CCC(N)=O)NC1=O)C(=O)C32C. The highest BCUT2D eigenvalue weighted by Crippen LogP contribution is 2.57. The van der Waals surface area contributed by atoms with Crippen LogP contribution in [0, 0.1) is 35.0 Å². The molecule has 13 N–H and O–H groups in total. The molecule has 1 aliphatic carbocycles. The summed E-state index contributed by atoms with van der Waals surface area (Å²) >= 11 is 0. The number of Topliss-reactive ketones (excluding diaryl/α,β-unsaturated/α-hetero) is 1. The molecule has 0 aromatic heterocycles. The Hall–Kier alpha value is -7.14. The first-order chi connectivity index (χ1) is 34.3. The van der Waals surface area contributed by atoms with Gasteiger partial charge in [0.25, 0.3) is 0 Å². The topological polar surface area (TPSA) is 377 Å². The molecule has 402 valence electrons. The van der Waals surface area contributed by atoms with E-state index in [1.54, 1.807) is 20.8 Å². The molecule has 2 saturated heterocycles. The molecule has 1 saturated carbocycles. The van der Waals surface area contributed by atoms with Gasteiger partial charge in [0, 0.05) is 38.3 Å². The number of likely N-dealkylation sites (N-methyl/N-ethyl adjacent to an activating group) is 1. The molecule has 0 radical (unpaired) electrons. The van der Waals surface area contributed by atoms with Crippen LogP contribution in [-0.4, -0.2) is 144 Å². The number of hydrogen-bond donors (Lipinski definition) is 11. The number of rotatable bonds is 17. The normalized spacial score (nSPS) is 27.0. The van der Waals surface area contributed by atoms with E-state index in [4.69, 9.17) is 11.5 Å². The van der Waals surface area contributed by atoms with E-state index in [1.807, 2.05) is 13.8 Å². The zero-order valence-corrected chi connectivity index (χ0v) is 42.6. The van der Waals surface area contributed by atoms with Crippen LogP contribution in [0.5, 0.6) is 5.75 Å². The summed E-state index contributed by atoms with van der Waals surface area (Å²) in [7, 11) is 1.32. The van der Waals surface area contributed by atoms with Crippen LogP contribution in [0.25, 0.3) is 0 Å². The summed E-state index contributed by atoms with van der Waals surface area (Å²) in [6, 6.07) is -1.91. The first kappa shape index (κ1) is 58.4. The summed E-state index contributed by atoms with van der Waals surface area (Å²) in [6.07, 6.45) is -1.04.